The van der Waals surface area contributed by atoms with E-state index in [-0.39, 0.29) is 11.7 Å². The molecular weight excluding hydrogens is 230 g/mol. The number of methoxy groups -OCH3 is 1. The molecule has 0 unspecified atom stereocenters. The van der Waals surface area contributed by atoms with Crippen LogP contribution in [0.4, 0.5) is 0 Å². The number of carbonyl (C=O) groups is 2. The first kappa shape index (κ1) is 12.4. The van der Waals surface area contributed by atoms with E-state index in [1.165, 1.54) is 11.1 Å². The van der Waals surface area contributed by atoms with Crippen molar-refractivity contribution in [2.45, 2.75) is 6.42 Å². The Hall–Kier alpha value is -2.10. The number of ketones is 1. The van der Waals surface area contributed by atoms with Gasteiger partial charge in [-0.25, -0.2) is 0 Å². The second-order valence-corrected chi connectivity index (χ2v) is 4.15. The highest BCUT2D eigenvalue weighted by molar-refractivity contribution is 6.11. The van der Waals surface area contributed by atoms with Gasteiger partial charge in [-0.05, 0) is 36.9 Å². The summed E-state index contributed by atoms with van der Waals surface area (Å²) in [4.78, 5) is 25.6. The summed E-state index contributed by atoms with van der Waals surface area (Å²) in [5.41, 5.74) is 0.542. The highest BCUT2D eigenvalue weighted by Crippen LogP contribution is 2.23. The minimum absolute atomic E-state index is 0.132. The zero-order valence-corrected chi connectivity index (χ0v) is 10.3. The summed E-state index contributed by atoms with van der Waals surface area (Å²) < 4.78 is 5.03. The molecule has 1 fully saturated rings. The molecule has 94 valence electrons. The van der Waals surface area contributed by atoms with E-state index in [4.69, 9.17) is 4.74 Å². The predicted molar refractivity (Wildman–Crippen MR) is 67.3 cm³/mol. The number of carbonyl (C=O) groups excluding carboxylic acids is 2. The molecular formula is C14H15NO3. The maximum Gasteiger partial charge on any atom is 0.237 e. The number of Topliss-reactive ketones (excluding diaryl/α,β-unsaturated/α-hetero) is 1. The van der Waals surface area contributed by atoms with E-state index >= 15 is 0 Å². The van der Waals surface area contributed by atoms with Crippen molar-refractivity contribution in [1.82, 2.24) is 4.90 Å². The van der Waals surface area contributed by atoms with E-state index in [9.17, 15) is 9.59 Å². The molecule has 1 saturated heterocycles. The average Bonchev–Trinajstić information content (AvgIpc) is 2.79. The van der Waals surface area contributed by atoms with Crippen molar-refractivity contribution in [3.63, 3.8) is 0 Å². The molecule has 0 spiro atoms. The fourth-order valence-electron chi connectivity index (χ4n) is 2.08. The summed E-state index contributed by atoms with van der Waals surface area (Å²) in [6.45, 7) is 4.12. The molecule has 2 rings (SSSR count). The molecule has 18 heavy (non-hydrogen) atoms. The number of hydrogen-bond donors (Lipinski definition) is 0. The van der Waals surface area contributed by atoms with Gasteiger partial charge in [0.15, 0.2) is 5.78 Å². The highest BCUT2D eigenvalue weighted by atomic mass is 16.5. The molecule has 1 aliphatic heterocycles. The van der Waals surface area contributed by atoms with Crippen LogP contribution in [0.15, 0.2) is 37.0 Å². The van der Waals surface area contributed by atoms with Crippen molar-refractivity contribution >= 4 is 11.7 Å². The zero-order chi connectivity index (χ0) is 13.1. The van der Waals surface area contributed by atoms with E-state index < -0.39 is 5.92 Å². The van der Waals surface area contributed by atoms with Crippen molar-refractivity contribution in [3.8, 4) is 5.75 Å². The van der Waals surface area contributed by atoms with Crippen molar-refractivity contribution in [1.29, 1.82) is 0 Å². The van der Waals surface area contributed by atoms with E-state index in [0.717, 1.165) is 0 Å². The van der Waals surface area contributed by atoms with Crippen LogP contribution in [0.3, 0.4) is 0 Å². The van der Waals surface area contributed by atoms with Gasteiger partial charge >= 0.3 is 0 Å². The number of nitrogens with zero attached hydrogens (tertiary/aromatic N) is 1. The molecule has 0 aliphatic carbocycles. The smallest absolute Gasteiger partial charge is 0.237 e. The number of likely N-dealkylation sites (tertiary alicyclic amines) is 1. The number of benzene rings is 1. The Morgan fingerprint density at radius 3 is 2.61 bits per heavy atom. The molecule has 1 atom stereocenters. The topological polar surface area (TPSA) is 46.6 Å². The van der Waals surface area contributed by atoms with Crippen molar-refractivity contribution in [3.05, 3.63) is 42.6 Å². The lowest BCUT2D eigenvalue weighted by molar-refractivity contribution is -0.127. The second kappa shape index (κ2) is 5.04. The lowest BCUT2D eigenvalue weighted by Gasteiger charge is -2.10. The molecule has 0 N–H and O–H groups in total. The molecule has 0 saturated carbocycles. The Labute approximate surface area is 106 Å². The Bertz CT molecular complexity index is 478. The van der Waals surface area contributed by atoms with Crippen molar-refractivity contribution < 1.29 is 14.3 Å². The van der Waals surface area contributed by atoms with Crippen molar-refractivity contribution in [2.75, 3.05) is 13.7 Å². The first-order chi connectivity index (χ1) is 8.67. The normalized spacial score (nSPS) is 18.8. The molecule has 1 aromatic rings. The maximum atomic E-state index is 12.2. The number of ether oxygens (including phenoxy) is 1. The average molecular weight is 245 g/mol. The van der Waals surface area contributed by atoms with Gasteiger partial charge in [0.05, 0.1) is 7.11 Å². The quantitative estimate of drug-likeness (QED) is 0.601. The minimum atomic E-state index is -0.573. The van der Waals surface area contributed by atoms with Gasteiger partial charge in [-0.1, -0.05) is 6.58 Å². The second-order valence-electron chi connectivity index (χ2n) is 4.15. The van der Waals surface area contributed by atoms with Gasteiger partial charge < -0.3 is 9.64 Å². The van der Waals surface area contributed by atoms with Crippen LogP contribution in [0.25, 0.3) is 0 Å². The van der Waals surface area contributed by atoms with Crippen LogP contribution in [-0.4, -0.2) is 30.2 Å². The maximum absolute atomic E-state index is 12.2. The van der Waals surface area contributed by atoms with E-state index in [1.807, 2.05) is 0 Å². The van der Waals surface area contributed by atoms with E-state index in [2.05, 4.69) is 6.58 Å². The molecule has 1 heterocycles. The Balaban J connectivity index is 2.16. The van der Waals surface area contributed by atoms with Crippen LogP contribution < -0.4 is 4.74 Å². The summed E-state index contributed by atoms with van der Waals surface area (Å²) in [7, 11) is 1.57. The molecule has 0 aromatic heterocycles. The monoisotopic (exact) mass is 245 g/mol. The minimum Gasteiger partial charge on any atom is -0.497 e. The van der Waals surface area contributed by atoms with E-state index in [0.29, 0.717) is 24.3 Å². The third kappa shape index (κ3) is 2.14. The van der Waals surface area contributed by atoms with Crippen molar-refractivity contribution in [2.24, 2.45) is 5.92 Å². The summed E-state index contributed by atoms with van der Waals surface area (Å²) in [5, 5.41) is 0. The summed E-state index contributed by atoms with van der Waals surface area (Å²) in [5.74, 6) is -0.175. The third-order valence-electron chi connectivity index (χ3n) is 3.15. The van der Waals surface area contributed by atoms with Gasteiger partial charge in [0.25, 0.3) is 0 Å². The van der Waals surface area contributed by atoms with Crippen LogP contribution in [0.2, 0.25) is 0 Å². The Morgan fingerprint density at radius 2 is 2.11 bits per heavy atom. The van der Waals surface area contributed by atoms with Gasteiger partial charge in [-0.3, -0.25) is 9.59 Å². The standard InChI is InChI=1S/C14H15NO3/c1-3-15-9-8-12(14(15)17)13(16)10-4-6-11(18-2)7-5-10/h3-7,12H,1,8-9H2,2H3/t12-/m1/s1. The van der Waals surface area contributed by atoms with Crippen LogP contribution >= 0.6 is 0 Å². The first-order valence-corrected chi connectivity index (χ1v) is 5.78. The summed E-state index contributed by atoms with van der Waals surface area (Å²) in [6, 6.07) is 6.81. The zero-order valence-electron chi connectivity index (χ0n) is 10.3. The molecule has 1 amide bonds. The van der Waals surface area contributed by atoms with Gasteiger partial charge in [0.2, 0.25) is 5.91 Å². The molecule has 4 heteroatoms. The lowest BCUT2D eigenvalue weighted by atomic mass is 9.96. The third-order valence-corrected chi connectivity index (χ3v) is 3.15. The number of amides is 1. The Morgan fingerprint density at radius 1 is 1.44 bits per heavy atom. The highest BCUT2D eigenvalue weighted by Gasteiger charge is 2.35. The predicted octanol–water partition coefficient (Wildman–Crippen LogP) is 1.87. The molecule has 0 radical (unpaired) electrons. The number of rotatable bonds is 4. The fourth-order valence-corrected chi connectivity index (χ4v) is 2.08. The van der Waals surface area contributed by atoms with E-state index in [1.54, 1.807) is 31.4 Å². The van der Waals surface area contributed by atoms with Gasteiger partial charge in [0.1, 0.15) is 11.7 Å². The SMILES string of the molecule is C=CN1CC[C@H](C(=O)c2ccc(OC)cc2)C1=O. The van der Waals surface area contributed by atoms with Gasteiger partial charge in [0, 0.05) is 12.1 Å². The molecule has 1 aromatic carbocycles. The summed E-state index contributed by atoms with van der Waals surface area (Å²) in [6.07, 6.45) is 2.03. The van der Waals surface area contributed by atoms with Crippen LogP contribution in [0.1, 0.15) is 16.8 Å². The molecule has 0 bridgehead atoms. The van der Waals surface area contributed by atoms with Crippen LogP contribution in [0.5, 0.6) is 5.75 Å². The fraction of sp³-hybridized carbons (Fsp3) is 0.286. The molecule has 1 aliphatic rings. The lowest BCUT2D eigenvalue weighted by Crippen LogP contribution is -2.26. The van der Waals surface area contributed by atoms with Gasteiger partial charge in [-0.2, -0.15) is 0 Å². The van der Waals surface area contributed by atoms with Gasteiger partial charge in [-0.15, -0.1) is 0 Å². The summed E-state index contributed by atoms with van der Waals surface area (Å²) >= 11 is 0. The molecule has 4 nitrogen and oxygen atoms in total. The number of hydrogen-bond acceptors (Lipinski definition) is 3. The van der Waals surface area contributed by atoms with Crippen LogP contribution in [-0.2, 0) is 4.79 Å². The first-order valence-electron chi connectivity index (χ1n) is 5.78. The largest absolute Gasteiger partial charge is 0.497 e. The Kier molecular flexibility index (Phi) is 3.46. The van der Waals surface area contributed by atoms with Crippen LogP contribution in [0, 0.1) is 5.92 Å².